The topological polar surface area (TPSA) is 48.1 Å². The van der Waals surface area contributed by atoms with Crippen molar-refractivity contribution >= 4 is 5.91 Å². The number of carbonyl (C=O) groups is 1. The first kappa shape index (κ1) is 11.2. The Morgan fingerprint density at radius 1 is 1.62 bits per heavy atom. The molecule has 1 amide bonds. The molecule has 0 saturated carbocycles. The number of aromatic amines is 1. The third-order valence-electron chi connectivity index (χ3n) is 3.11. The summed E-state index contributed by atoms with van der Waals surface area (Å²) in [5, 5.41) is 3.37. The molecule has 1 atom stereocenters. The van der Waals surface area contributed by atoms with Crippen molar-refractivity contribution in [1.82, 2.24) is 15.2 Å². The Kier molecular flexibility index (Phi) is 3.62. The van der Waals surface area contributed by atoms with Crippen molar-refractivity contribution in [2.24, 2.45) is 5.92 Å². The fourth-order valence-corrected chi connectivity index (χ4v) is 2.22. The number of nitrogens with one attached hydrogen (secondary N) is 2. The van der Waals surface area contributed by atoms with Gasteiger partial charge in [0.25, 0.3) is 5.91 Å². The van der Waals surface area contributed by atoms with Crippen LogP contribution < -0.4 is 5.32 Å². The van der Waals surface area contributed by atoms with Crippen LogP contribution in [0.2, 0.25) is 0 Å². The van der Waals surface area contributed by atoms with E-state index in [0.717, 1.165) is 19.6 Å². The average Bonchev–Trinajstić information content (AvgIpc) is 2.83. The van der Waals surface area contributed by atoms with Crippen molar-refractivity contribution in [3.8, 4) is 0 Å². The highest BCUT2D eigenvalue weighted by molar-refractivity contribution is 5.92. The number of piperidine rings is 1. The van der Waals surface area contributed by atoms with Gasteiger partial charge in [-0.25, -0.2) is 0 Å². The SMILES string of the molecule is CN(CC1CCCNC1)C(=O)c1ccc[nH]1. The maximum Gasteiger partial charge on any atom is 0.270 e. The normalized spacial score (nSPS) is 20.7. The quantitative estimate of drug-likeness (QED) is 0.802. The van der Waals surface area contributed by atoms with Crippen LogP contribution in [0, 0.1) is 5.92 Å². The third kappa shape index (κ3) is 2.64. The zero-order chi connectivity index (χ0) is 11.4. The Morgan fingerprint density at radius 3 is 3.12 bits per heavy atom. The smallest absolute Gasteiger partial charge is 0.270 e. The zero-order valence-corrected chi connectivity index (χ0v) is 9.70. The monoisotopic (exact) mass is 221 g/mol. The van der Waals surface area contributed by atoms with Gasteiger partial charge < -0.3 is 15.2 Å². The van der Waals surface area contributed by atoms with Crippen LogP contribution in [-0.2, 0) is 0 Å². The van der Waals surface area contributed by atoms with Crippen LogP contribution in [-0.4, -0.2) is 42.5 Å². The summed E-state index contributed by atoms with van der Waals surface area (Å²) in [7, 11) is 1.87. The lowest BCUT2D eigenvalue weighted by Crippen LogP contribution is -2.39. The van der Waals surface area contributed by atoms with E-state index in [-0.39, 0.29) is 5.91 Å². The number of carbonyl (C=O) groups excluding carboxylic acids is 1. The number of amides is 1. The van der Waals surface area contributed by atoms with E-state index < -0.39 is 0 Å². The van der Waals surface area contributed by atoms with E-state index in [0.29, 0.717) is 11.6 Å². The number of hydrogen-bond acceptors (Lipinski definition) is 2. The lowest BCUT2D eigenvalue weighted by atomic mass is 9.99. The first-order valence-corrected chi connectivity index (χ1v) is 5.87. The van der Waals surface area contributed by atoms with Gasteiger partial charge in [-0.1, -0.05) is 0 Å². The molecule has 2 rings (SSSR count). The molecule has 2 heterocycles. The first-order chi connectivity index (χ1) is 7.77. The van der Waals surface area contributed by atoms with Crippen molar-refractivity contribution in [3.63, 3.8) is 0 Å². The second kappa shape index (κ2) is 5.16. The molecule has 0 radical (unpaired) electrons. The maximum absolute atomic E-state index is 12.0. The fraction of sp³-hybridized carbons (Fsp3) is 0.583. The molecule has 4 heteroatoms. The van der Waals surface area contributed by atoms with Gasteiger partial charge in [0.15, 0.2) is 0 Å². The fourth-order valence-electron chi connectivity index (χ4n) is 2.22. The van der Waals surface area contributed by atoms with Gasteiger partial charge in [-0.05, 0) is 44.0 Å². The molecular weight excluding hydrogens is 202 g/mol. The van der Waals surface area contributed by atoms with Crippen LogP contribution in [0.15, 0.2) is 18.3 Å². The average molecular weight is 221 g/mol. The largest absolute Gasteiger partial charge is 0.357 e. The maximum atomic E-state index is 12.0. The van der Waals surface area contributed by atoms with Gasteiger partial charge in [0.05, 0.1) is 0 Å². The van der Waals surface area contributed by atoms with Crippen LogP contribution in [0.1, 0.15) is 23.3 Å². The van der Waals surface area contributed by atoms with E-state index in [9.17, 15) is 4.79 Å². The summed E-state index contributed by atoms with van der Waals surface area (Å²) in [6.45, 7) is 2.98. The van der Waals surface area contributed by atoms with E-state index >= 15 is 0 Å². The molecule has 0 aromatic carbocycles. The molecule has 88 valence electrons. The molecule has 1 aromatic rings. The molecule has 1 aliphatic heterocycles. The lowest BCUT2D eigenvalue weighted by Gasteiger charge is -2.27. The van der Waals surface area contributed by atoms with Crippen LogP contribution in [0.5, 0.6) is 0 Å². The van der Waals surface area contributed by atoms with Crippen molar-refractivity contribution < 1.29 is 4.79 Å². The van der Waals surface area contributed by atoms with E-state index in [1.54, 1.807) is 6.20 Å². The zero-order valence-electron chi connectivity index (χ0n) is 9.70. The molecule has 1 aromatic heterocycles. The summed E-state index contributed by atoms with van der Waals surface area (Å²) in [4.78, 5) is 16.7. The van der Waals surface area contributed by atoms with Crippen LogP contribution in [0.4, 0.5) is 0 Å². The molecule has 2 N–H and O–H groups in total. The van der Waals surface area contributed by atoms with Gasteiger partial charge in [-0.2, -0.15) is 0 Å². The standard InChI is InChI=1S/C12H19N3O/c1-15(9-10-4-2-6-13-8-10)12(16)11-5-3-7-14-11/h3,5,7,10,13-14H,2,4,6,8-9H2,1H3. The van der Waals surface area contributed by atoms with Crippen molar-refractivity contribution in [2.45, 2.75) is 12.8 Å². The van der Waals surface area contributed by atoms with Crippen LogP contribution in [0.3, 0.4) is 0 Å². The Bertz CT molecular complexity index is 328. The van der Waals surface area contributed by atoms with Gasteiger partial charge in [0, 0.05) is 19.8 Å². The third-order valence-corrected chi connectivity index (χ3v) is 3.11. The van der Waals surface area contributed by atoms with E-state index in [1.807, 2.05) is 24.1 Å². The molecule has 1 aliphatic rings. The number of hydrogen-bond donors (Lipinski definition) is 2. The van der Waals surface area contributed by atoms with Crippen molar-refractivity contribution in [3.05, 3.63) is 24.0 Å². The molecule has 4 nitrogen and oxygen atoms in total. The minimum atomic E-state index is 0.0792. The molecule has 0 aliphatic carbocycles. The van der Waals surface area contributed by atoms with Gasteiger partial charge >= 0.3 is 0 Å². The highest BCUT2D eigenvalue weighted by atomic mass is 16.2. The molecule has 1 fully saturated rings. The van der Waals surface area contributed by atoms with E-state index in [1.165, 1.54) is 12.8 Å². The van der Waals surface area contributed by atoms with Crippen LogP contribution >= 0.6 is 0 Å². The second-order valence-corrected chi connectivity index (χ2v) is 4.48. The second-order valence-electron chi connectivity index (χ2n) is 4.48. The summed E-state index contributed by atoms with van der Waals surface area (Å²) in [5.41, 5.74) is 0.672. The van der Waals surface area contributed by atoms with Crippen LogP contribution in [0.25, 0.3) is 0 Å². The van der Waals surface area contributed by atoms with Gasteiger partial charge in [0.1, 0.15) is 5.69 Å². The van der Waals surface area contributed by atoms with Crippen molar-refractivity contribution in [2.75, 3.05) is 26.7 Å². The highest BCUT2D eigenvalue weighted by Crippen LogP contribution is 2.12. The Labute approximate surface area is 96.0 Å². The van der Waals surface area contributed by atoms with Gasteiger partial charge in [-0.15, -0.1) is 0 Å². The minimum Gasteiger partial charge on any atom is -0.357 e. The first-order valence-electron chi connectivity index (χ1n) is 5.87. The Morgan fingerprint density at radius 2 is 2.50 bits per heavy atom. The van der Waals surface area contributed by atoms with Gasteiger partial charge in [0.2, 0.25) is 0 Å². The molecule has 0 spiro atoms. The van der Waals surface area contributed by atoms with E-state index in [4.69, 9.17) is 0 Å². The molecule has 16 heavy (non-hydrogen) atoms. The summed E-state index contributed by atoms with van der Waals surface area (Å²) in [6.07, 6.45) is 4.22. The Balaban J connectivity index is 1.87. The molecular formula is C12H19N3O. The summed E-state index contributed by atoms with van der Waals surface area (Å²) in [6, 6.07) is 3.67. The predicted molar refractivity (Wildman–Crippen MR) is 63.3 cm³/mol. The summed E-state index contributed by atoms with van der Waals surface area (Å²) < 4.78 is 0. The predicted octanol–water partition coefficient (Wildman–Crippen LogP) is 1.09. The number of H-pyrrole nitrogens is 1. The number of nitrogens with zero attached hydrogens (tertiary/aromatic N) is 1. The molecule has 1 saturated heterocycles. The molecule has 0 bridgehead atoms. The van der Waals surface area contributed by atoms with E-state index in [2.05, 4.69) is 10.3 Å². The van der Waals surface area contributed by atoms with Gasteiger partial charge in [-0.3, -0.25) is 4.79 Å². The minimum absolute atomic E-state index is 0.0792. The number of rotatable bonds is 3. The van der Waals surface area contributed by atoms with Crippen molar-refractivity contribution in [1.29, 1.82) is 0 Å². The lowest BCUT2D eigenvalue weighted by molar-refractivity contribution is 0.0759. The molecule has 1 unspecified atom stereocenters. The number of aromatic nitrogens is 1. The summed E-state index contributed by atoms with van der Waals surface area (Å²) >= 11 is 0. The Hall–Kier alpha value is -1.29. The summed E-state index contributed by atoms with van der Waals surface area (Å²) in [5.74, 6) is 0.674. The highest BCUT2D eigenvalue weighted by Gasteiger charge is 2.19.